The van der Waals surface area contributed by atoms with Crippen molar-refractivity contribution < 1.29 is 23.9 Å². The van der Waals surface area contributed by atoms with Crippen LogP contribution in [-0.2, 0) is 14.3 Å². The maximum absolute atomic E-state index is 12.8. The van der Waals surface area contributed by atoms with Crippen molar-refractivity contribution in [3.63, 3.8) is 0 Å². The molecule has 1 aromatic carbocycles. The van der Waals surface area contributed by atoms with Crippen LogP contribution in [0.25, 0.3) is 0 Å². The van der Waals surface area contributed by atoms with E-state index in [-0.39, 0.29) is 12.5 Å². The predicted molar refractivity (Wildman–Crippen MR) is 102 cm³/mol. The minimum Gasteiger partial charge on any atom is -0.453 e. The van der Waals surface area contributed by atoms with Gasteiger partial charge in [-0.15, -0.1) is 0 Å². The number of rotatable bonds is 4. The topological polar surface area (TPSA) is 117 Å². The first-order chi connectivity index (χ1) is 13.3. The minimum atomic E-state index is -0.856. The summed E-state index contributed by atoms with van der Waals surface area (Å²) in [5.74, 6) is -0.264. The Morgan fingerprint density at radius 2 is 1.71 bits per heavy atom. The second-order valence-electron chi connectivity index (χ2n) is 7.33. The molecule has 2 aliphatic rings. The summed E-state index contributed by atoms with van der Waals surface area (Å²) < 4.78 is 4.50. The van der Waals surface area contributed by atoms with Crippen molar-refractivity contribution in [1.29, 1.82) is 0 Å². The van der Waals surface area contributed by atoms with Crippen LogP contribution in [0.3, 0.4) is 0 Å². The van der Waals surface area contributed by atoms with Gasteiger partial charge in [0.25, 0.3) is 5.91 Å². The van der Waals surface area contributed by atoms with E-state index in [1.54, 1.807) is 24.3 Å². The van der Waals surface area contributed by atoms with Crippen molar-refractivity contribution >= 4 is 35.3 Å². The standard InChI is InChI=1S/C19H24N4O5/c1-12-7-9-19(10-8-12)16(25)23(17(26)22-19)11-15(24)20-13-3-5-14(6-4-13)21-18(27)28-2/h3-6,12H,7-11H2,1-2H3,(H,20,24)(H,21,27)(H,22,26). The molecule has 0 unspecified atom stereocenters. The fourth-order valence-corrected chi connectivity index (χ4v) is 3.56. The lowest BCUT2D eigenvalue weighted by Gasteiger charge is -2.33. The lowest BCUT2D eigenvalue weighted by Crippen LogP contribution is -2.49. The molecule has 0 atom stereocenters. The molecule has 2 fully saturated rings. The van der Waals surface area contributed by atoms with Gasteiger partial charge in [0, 0.05) is 11.4 Å². The van der Waals surface area contributed by atoms with Crippen molar-refractivity contribution in [2.24, 2.45) is 5.92 Å². The van der Waals surface area contributed by atoms with E-state index in [0.29, 0.717) is 30.1 Å². The fourth-order valence-electron chi connectivity index (χ4n) is 3.56. The number of urea groups is 1. The largest absolute Gasteiger partial charge is 0.453 e. The van der Waals surface area contributed by atoms with Gasteiger partial charge in [-0.2, -0.15) is 0 Å². The molecular formula is C19H24N4O5. The second-order valence-corrected chi connectivity index (χ2v) is 7.33. The molecule has 1 aromatic rings. The summed E-state index contributed by atoms with van der Waals surface area (Å²) in [5, 5.41) is 7.94. The van der Waals surface area contributed by atoms with Gasteiger partial charge in [-0.25, -0.2) is 9.59 Å². The highest BCUT2D eigenvalue weighted by Gasteiger charge is 2.52. The van der Waals surface area contributed by atoms with Gasteiger partial charge in [0.2, 0.25) is 5.91 Å². The van der Waals surface area contributed by atoms with Crippen molar-refractivity contribution in [2.45, 2.75) is 38.1 Å². The molecule has 9 nitrogen and oxygen atoms in total. The zero-order valence-electron chi connectivity index (χ0n) is 15.9. The van der Waals surface area contributed by atoms with Crippen molar-refractivity contribution in [2.75, 3.05) is 24.3 Å². The number of nitrogens with one attached hydrogen (secondary N) is 3. The molecule has 0 radical (unpaired) electrons. The van der Waals surface area contributed by atoms with Crippen LogP contribution >= 0.6 is 0 Å². The number of nitrogens with zero attached hydrogens (tertiary/aromatic N) is 1. The highest BCUT2D eigenvalue weighted by atomic mass is 16.5. The first kappa shape index (κ1) is 19.7. The molecule has 1 aliphatic heterocycles. The lowest BCUT2D eigenvalue weighted by molar-refractivity contribution is -0.135. The number of carbonyl (C=O) groups is 4. The highest BCUT2D eigenvalue weighted by molar-refractivity contribution is 6.10. The number of anilines is 2. The number of carbonyl (C=O) groups excluding carboxylic acids is 4. The second kappa shape index (κ2) is 7.87. The third-order valence-electron chi connectivity index (χ3n) is 5.28. The first-order valence-electron chi connectivity index (χ1n) is 9.22. The summed E-state index contributed by atoms with van der Waals surface area (Å²) in [6.07, 6.45) is 2.36. The third kappa shape index (κ3) is 4.08. The minimum absolute atomic E-state index is 0.322. The van der Waals surface area contributed by atoms with E-state index in [1.165, 1.54) is 7.11 Å². The molecule has 1 aliphatic carbocycles. The summed E-state index contributed by atoms with van der Waals surface area (Å²) in [5.41, 5.74) is 0.131. The normalized spacial score (nSPS) is 24.1. The van der Waals surface area contributed by atoms with E-state index in [0.717, 1.165) is 17.7 Å². The molecule has 28 heavy (non-hydrogen) atoms. The van der Waals surface area contributed by atoms with E-state index in [2.05, 4.69) is 27.6 Å². The Kier molecular flexibility index (Phi) is 5.53. The number of hydrogen-bond donors (Lipinski definition) is 3. The Bertz CT molecular complexity index is 784. The Morgan fingerprint density at radius 1 is 1.14 bits per heavy atom. The fraction of sp³-hybridized carbons (Fsp3) is 0.474. The molecule has 9 heteroatoms. The van der Waals surface area contributed by atoms with Gasteiger partial charge < -0.3 is 15.4 Å². The first-order valence-corrected chi connectivity index (χ1v) is 9.22. The zero-order chi connectivity index (χ0) is 20.3. The molecule has 150 valence electrons. The Hall–Kier alpha value is -3.10. The van der Waals surface area contributed by atoms with Gasteiger partial charge in [0.15, 0.2) is 0 Å². The van der Waals surface area contributed by atoms with Crippen molar-refractivity contribution in [3.05, 3.63) is 24.3 Å². The molecule has 5 amide bonds. The quantitative estimate of drug-likeness (QED) is 0.684. The molecule has 1 saturated heterocycles. The van der Waals surface area contributed by atoms with E-state index < -0.39 is 23.6 Å². The van der Waals surface area contributed by atoms with Gasteiger partial charge in [-0.05, 0) is 55.9 Å². The lowest BCUT2D eigenvalue weighted by atomic mass is 9.77. The van der Waals surface area contributed by atoms with Crippen LogP contribution in [0, 0.1) is 5.92 Å². The maximum Gasteiger partial charge on any atom is 0.411 e. The van der Waals surface area contributed by atoms with Crippen LogP contribution in [0.15, 0.2) is 24.3 Å². The number of methoxy groups -OCH3 is 1. The SMILES string of the molecule is COC(=O)Nc1ccc(NC(=O)CN2C(=O)NC3(CCC(C)CC3)C2=O)cc1. The molecule has 1 heterocycles. The molecule has 1 saturated carbocycles. The molecule has 0 bridgehead atoms. The zero-order valence-corrected chi connectivity index (χ0v) is 15.9. The summed E-state index contributed by atoms with van der Waals surface area (Å²) in [6.45, 7) is 1.79. The highest BCUT2D eigenvalue weighted by Crippen LogP contribution is 2.36. The van der Waals surface area contributed by atoms with Crippen LogP contribution in [-0.4, -0.2) is 48.0 Å². The van der Waals surface area contributed by atoms with Crippen molar-refractivity contribution in [1.82, 2.24) is 10.2 Å². The van der Waals surface area contributed by atoms with Gasteiger partial charge >= 0.3 is 12.1 Å². The third-order valence-corrected chi connectivity index (χ3v) is 5.28. The molecule has 3 N–H and O–H groups in total. The Balaban J connectivity index is 1.58. The predicted octanol–water partition coefficient (Wildman–Crippen LogP) is 2.30. The van der Waals surface area contributed by atoms with Gasteiger partial charge in [-0.1, -0.05) is 6.92 Å². The van der Waals surface area contributed by atoms with Crippen LogP contribution in [0.1, 0.15) is 32.6 Å². The van der Waals surface area contributed by atoms with Crippen LogP contribution in [0.5, 0.6) is 0 Å². The molecule has 0 aromatic heterocycles. The molecular weight excluding hydrogens is 364 g/mol. The number of benzene rings is 1. The van der Waals surface area contributed by atoms with Gasteiger partial charge in [-0.3, -0.25) is 19.8 Å². The number of hydrogen-bond acceptors (Lipinski definition) is 5. The van der Waals surface area contributed by atoms with Crippen LogP contribution in [0.4, 0.5) is 21.0 Å². The van der Waals surface area contributed by atoms with Crippen molar-refractivity contribution in [3.8, 4) is 0 Å². The summed E-state index contributed by atoms with van der Waals surface area (Å²) in [4.78, 5) is 49.5. The van der Waals surface area contributed by atoms with E-state index in [9.17, 15) is 19.2 Å². The number of imide groups is 1. The van der Waals surface area contributed by atoms with E-state index >= 15 is 0 Å². The average Bonchev–Trinajstić information content (AvgIpc) is 2.90. The van der Waals surface area contributed by atoms with Gasteiger partial charge in [0.1, 0.15) is 12.1 Å². The number of ether oxygens (including phenoxy) is 1. The van der Waals surface area contributed by atoms with Gasteiger partial charge in [0.05, 0.1) is 7.11 Å². The Morgan fingerprint density at radius 3 is 2.29 bits per heavy atom. The monoisotopic (exact) mass is 388 g/mol. The summed E-state index contributed by atoms with van der Waals surface area (Å²) in [6, 6.07) is 5.86. The van der Waals surface area contributed by atoms with Crippen LogP contribution < -0.4 is 16.0 Å². The summed E-state index contributed by atoms with van der Waals surface area (Å²) in [7, 11) is 1.26. The van der Waals surface area contributed by atoms with E-state index in [4.69, 9.17) is 0 Å². The smallest absolute Gasteiger partial charge is 0.411 e. The Labute approximate surface area is 162 Å². The van der Waals surface area contributed by atoms with Crippen LogP contribution in [0.2, 0.25) is 0 Å². The molecule has 1 spiro atoms. The summed E-state index contributed by atoms with van der Waals surface area (Å²) >= 11 is 0. The average molecular weight is 388 g/mol. The maximum atomic E-state index is 12.8. The molecule has 3 rings (SSSR count). The van der Waals surface area contributed by atoms with E-state index in [1.807, 2.05) is 0 Å². The number of amides is 5.